The third kappa shape index (κ3) is 4.96. The van der Waals surface area contributed by atoms with Crippen molar-refractivity contribution in [3.63, 3.8) is 0 Å². The van der Waals surface area contributed by atoms with Gasteiger partial charge in [-0.25, -0.2) is 0 Å². The zero-order chi connectivity index (χ0) is 22.0. The topological polar surface area (TPSA) is 17.3 Å². The summed E-state index contributed by atoms with van der Waals surface area (Å²) in [5.41, 5.74) is 7.51. The van der Waals surface area contributed by atoms with Crippen LogP contribution < -0.4 is 0 Å². The largest absolute Gasteiger partial charge is 0.358 e. The zero-order valence-electron chi connectivity index (χ0n) is 21.2. The number of pyridine rings is 1. The van der Waals surface area contributed by atoms with E-state index < -0.39 is 0 Å². The summed E-state index contributed by atoms with van der Waals surface area (Å²) in [5.74, 6) is 0. The molecular formula is C30H32IrN2Y-2. The van der Waals surface area contributed by atoms with Crippen molar-refractivity contribution in [2.75, 3.05) is 0 Å². The molecule has 34 heavy (non-hydrogen) atoms. The molecule has 0 aliphatic heterocycles. The number of nitrogens with zero attached hydrogens (tertiary/aromatic N) is 2. The van der Waals surface area contributed by atoms with Crippen LogP contribution in [-0.4, -0.2) is 9.38 Å². The van der Waals surface area contributed by atoms with Crippen LogP contribution >= 0.6 is 0 Å². The molecule has 5 aromatic rings. The maximum absolute atomic E-state index is 4.68. The number of fused-ring (bicyclic) bond motifs is 6. The molecule has 3 aromatic carbocycles. The summed E-state index contributed by atoms with van der Waals surface area (Å²) in [7, 11) is 0. The second kappa shape index (κ2) is 10.3. The molecule has 2 aromatic heterocycles. The van der Waals surface area contributed by atoms with Gasteiger partial charge in [0.1, 0.15) is 0 Å². The van der Waals surface area contributed by atoms with Gasteiger partial charge in [0.05, 0.1) is 5.65 Å². The van der Waals surface area contributed by atoms with E-state index in [0.29, 0.717) is 0 Å². The van der Waals surface area contributed by atoms with E-state index in [0.717, 1.165) is 11.0 Å². The zero-order valence-corrected chi connectivity index (χ0v) is 26.4. The van der Waals surface area contributed by atoms with Crippen molar-refractivity contribution in [3.8, 4) is 11.1 Å². The van der Waals surface area contributed by atoms with Gasteiger partial charge in [-0.3, -0.25) is 4.98 Å². The van der Waals surface area contributed by atoms with Gasteiger partial charge in [0.2, 0.25) is 0 Å². The molecule has 0 atom stereocenters. The van der Waals surface area contributed by atoms with E-state index in [4.69, 9.17) is 0 Å². The quantitative estimate of drug-likeness (QED) is 0.128. The molecule has 4 heteroatoms. The Labute approximate surface area is 242 Å². The van der Waals surface area contributed by atoms with Crippen molar-refractivity contribution in [2.24, 2.45) is 0 Å². The van der Waals surface area contributed by atoms with E-state index in [1.165, 1.54) is 38.5 Å². The Bertz CT molecular complexity index is 1440. The summed E-state index contributed by atoms with van der Waals surface area (Å²) in [6.07, 6.45) is 3.96. The molecule has 0 spiro atoms. The first kappa shape index (κ1) is 28.9. The maximum Gasteiger partial charge on any atom is 0.0608 e. The van der Waals surface area contributed by atoms with Gasteiger partial charge in [0.25, 0.3) is 0 Å². The fourth-order valence-corrected chi connectivity index (χ4v) is 4.42. The number of rotatable bonds is 1. The summed E-state index contributed by atoms with van der Waals surface area (Å²) < 4.78 is 2.23. The summed E-state index contributed by atoms with van der Waals surface area (Å²) in [5, 5.41) is 3.52. The predicted octanol–water partition coefficient (Wildman–Crippen LogP) is 8.15. The van der Waals surface area contributed by atoms with Crippen molar-refractivity contribution < 1.29 is 52.8 Å². The fourth-order valence-electron chi connectivity index (χ4n) is 4.42. The van der Waals surface area contributed by atoms with Gasteiger partial charge in [-0.05, 0) is 39.0 Å². The number of aromatic nitrogens is 2. The van der Waals surface area contributed by atoms with E-state index in [2.05, 4.69) is 112 Å². The number of hydrogen-bond acceptors (Lipinski definition) is 1. The first-order valence-electron chi connectivity index (χ1n) is 11.0. The SMILES string of the molecule is CC(C)(C)c1ccc(-c2cc(C(C)(C)C)cc3c4ccc[c-]c4c4nccn4c23)cc1.[CH3-].[Ir].[Y]. The van der Waals surface area contributed by atoms with Crippen LogP contribution in [0.25, 0.3) is 38.4 Å². The molecule has 0 fully saturated rings. The Kier molecular flexibility index (Phi) is 8.75. The van der Waals surface area contributed by atoms with E-state index in [1.54, 1.807) is 0 Å². The summed E-state index contributed by atoms with van der Waals surface area (Å²) >= 11 is 0. The molecule has 5 rings (SSSR count). The average Bonchev–Trinajstić information content (AvgIpc) is 3.22. The maximum atomic E-state index is 4.68. The molecule has 0 amide bonds. The van der Waals surface area contributed by atoms with Crippen LogP contribution in [0.1, 0.15) is 52.7 Å². The van der Waals surface area contributed by atoms with E-state index >= 15 is 0 Å². The van der Waals surface area contributed by atoms with Gasteiger partial charge in [-0.15, -0.1) is 29.7 Å². The van der Waals surface area contributed by atoms with Gasteiger partial charge >= 0.3 is 0 Å². The minimum absolute atomic E-state index is 0. The Balaban J connectivity index is 0.00000136. The number of imidazole rings is 1. The van der Waals surface area contributed by atoms with Gasteiger partial charge in [-0.1, -0.05) is 77.3 Å². The van der Waals surface area contributed by atoms with Crippen LogP contribution in [0.5, 0.6) is 0 Å². The smallest absolute Gasteiger partial charge is 0.0608 e. The molecule has 2 nitrogen and oxygen atoms in total. The summed E-state index contributed by atoms with van der Waals surface area (Å²) in [6, 6.07) is 23.5. The first-order chi connectivity index (χ1) is 14.6. The first-order valence-corrected chi connectivity index (χ1v) is 11.0. The van der Waals surface area contributed by atoms with Crippen molar-refractivity contribution in [2.45, 2.75) is 52.4 Å². The third-order valence-corrected chi connectivity index (χ3v) is 6.29. The average molecular weight is 702 g/mol. The van der Waals surface area contributed by atoms with Crippen LogP contribution in [0.3, 0.4) is 0 Å². The molecule has 0 N–H and O–H groups in total. The Morgan fingerprint density at radius 1 is 0.824 bits per heavy atom. The fraction of sp³-hybridized carbons (Fsp3) is 0.267. The minimum atomic E-state index is 0. The van der Waals surface area contributed by atoms with Crippen molar-refractivity contribution in [1.29, 1.82) is 0 Å². The Morgan fingerprint density at radius 3 is 2.09 bits per heavy atom. The van der Waals surface area contributed by atoms with Crippen LogP contribution in [0.4, 0.5) is 0 Å². The molecule has 0 aliphatic rings. The molecule has 0 unspecified atom stereocenters. The Hall–Kier alpha value is -1.38. The third-order valence-electron chi connectivity index (χ3n) is 6.29. The summed E-state index contributed by atoms with van der Waals surface area (Å²) in [4.78, 5) is 4.68. The van der Waals surface area contributed by atoms with Crippen LogP contribution in [0, 0.1) is 13.5 Å². The molecule has 0 bridgehead atoms. The second-order valence-corrected chi connectivity index (χ2v) is 10.6. The molecule has 2 radical (unpaired) electrons. The number of hydrogen-bond donors (Lipinski definition) is 0. The van der Waals surface area contributed by atoms with Gasteiger partial charge in [0, 0.05) is 76.3 Å². The van der Waals surface area contributed by atoms with Crippen LogP contribution in [0.15, 0.2) is 67.0 Å². The van der Waals surface area contributed by atoms with Gasteiger partial charge in [0.15, 0.2) is 0 Å². The molecule has 0 saturated heterocycles. The van der Waals surface area contributed by atoms with E-state index in [-0.39, 0.29) is 71.1 Å². The minimum Gasteiger partial charge on any atom is -0.358 e. The molecule has 0 saturated carbocycles. The van der Waals surface area contributed by atoms with Crippen LogP contribution in [0.2, 0.25) is 0 Å². The summed E-state index contributed by atoms with van der Waals surface area (Å²) in [6.45, 7) is 13.6. The van der Waals surface area contributed by atoms with E-state index in [1.807, 2.05) is 12.3 Å². The monoisotopic (exact) mass is 702 g/mol. The van der Waals surface area contributed by atoms with Crippen LogP contribution in [-0.2, 0) is 63.6 Å². The standard InChI is InChI=1S/C29H29N2.CH3.Ir.Y/c1-28(2,3)20-13-11-19(12-14-20)24-17-21(29(4,5)6)18-25-22-9-7-8-10-23(22)27-30-15-16-31(27)26(24)25;;;/h7-9,11-18H,1-6H3;1H3;;/q2*-1;;. The second-order valence-electron chi connectivity index (χ2n) is 10.6. The molecule has 0 aliphatic carbocycles. The normalized spacial score (nSPS) is 11.7. The molecule has 176 valence electrons. The molecular weight excluding hydrogens is 669 g/mol. The molecule has 2 heterocycles. The van der Waals surface area contributed by atoms with Gasteiger partial charge < -0.3 is 11.8 Å². The van der Waals surface area contributed by atoms with E-state index in [9.17, 15) is 0 Å². The van der Waals surface area contributed by atoms with Crippen molar-refractivity contribution >= 4 is 27.3 Å². The van der Waals surface area contributed by atoms with Gasteiger partial charge in [-0.2, -0.15) is 0 Å². The van der Waals surface area contributed by atoms with Crippen molar-refractivity contribution in [3.05, 3.63) is 91.6 Å². The number of benzene rings is 3. The Morgan fingerprint density at radius 2 is 1.47 bits per heavy atom. The predicted molar refractivity (Wildman–Crippen MR) is 138 cm³/mol. The van der Waals surface area contributed by atoms with Crippen molar-refractivity contribution in [1.82, 2.24) is 9.38 Å².